The first-order valence-electron chi connectivity index (χ1n) is 9.27. The first kappa shape index (κ1) is 19.6. The molecule has 0 saturated heterocycles. The van der Waals surface area contributed by atoms with Gasteiger partial charge in [0.2, 0.25) is 0 Å². The highest BCUT2D eigenvalue weighted by atomic mass is 16.2. The van der Waals surface area contributed by atoms with Gasteiger partial charge in [-0.1, -0.05) is 57.5 Å². The molecule has 26 heavy (non-hydrogen) atoms. The van der Waals surface area contributed by atoms with Crippen LogP contribution in [0.15, 0.2) is 29.1 Å². The summed E-state index contributed by atoms with van der Waals surface area (Å²) >= 11 is 0. The van der Waals surface area contributed by atoms with Gasteiger partial charge in [0.05, 0.1) is 17.1 Å². The van der Waals surface area contributed by atoms with Gasteiger partial charge in [-0.05, 0) is 25.0 Å². The van der Waals surface area contributed by atoms with Crippen LogP contribution in [0.25, 0.3) is 12.2 Å². The number of unbranched alkanes of at least 4 members (excludes halogenated alkanes) is 1. The van der Waals surface area contributed by atoms with Crippen molar-refractivity contribution in [2.75, 3.05) is 0 Å². The summed E-state index contributed by atoms with van der Waals surface area (Å²) < 4.78 is 0. The smallest absolute Gasteiger partial charge is 0.258 e. The SMILES string of the molecule is C/C=c1/nc(CN2Cc3ccccc3C2=O)[nH]c(=O)/c1=C/CCC.CC. The van der Waals surface area contributed by atoms with Crippen molar-refractivity contribution in [3.63, 3.8) is 0 Å². The van der Waals surface area contributed by atoms with Crippen molar-refractivity contribution in [2.45, 2.75) is 53.6 Å². The monoisotopic (exact) mass is 353 g/mol. The number of aromatic nitrogens is 2. The molecule has 1 N–H and O–H groups in total. The lowest BCUT2D eigenvalue weighted by Crippen LogP contribution is -2.44. The Hall–Kier alpha value is -2.69. The molecule has 1 amide bonds. The van der Waals surface area contributed by atoms with E-state index in [9.17, 15) is 9.59 Å². The Bertz CT molecular complexity index is 944. The van der Waals surface area contributed by atoms with Crippen LogP contribution in [0, 0.1) is 0 Å². The lowest BCUT2D eigenvalue weighted by Gasteiger charge is -2.14. The summed E-state index contributed by atoms with van der Waals surface area (Å²) in [7, 11) is 0. The van der Waals surface area contributed by atoms with Crippen LogP contribution in [0.2, 0.25) is 0 Å². The van der Waals surface area contributed by atoms with Crippen LogP contribution in [0.1, 0.15) is 62.3 Å². The van der Waals surface area contributed by atoms with E-state index in [2.05, 4.69) is 16.9 Å². The third kappa shape index (κ3) is 4.10. The van der Waals surface area contributed by atoms with Crippen LogP contribution in [0.5, 0.6) is 0 Å². The summed E-state index contributed by atoms with van der Waals surface area (Å²) in [6.07, 6.45) is 5.57. The highest BCUT2D eigenvalue weighted by Gasteiger charge is 2.27. The number of hydrogen-bond acceptors (Lipinski definition) is 3. The molecular weight excluding hydrogens is 326 g/mol. The number of carbonyl (C=O) groups is 1. The second-order valence-corrected chi connectivity index (χ2v) is 5.91. The van der Waals surface area contributed by atoms with Gasteiger partial charge in [-0.2, -0.15) is 0 Å². The summed E-state index contributed by atoms with van der Waals surface area (Å²) in [4.78, 5) is 33.8. The van der Waals surface area contributed by atoms with Gasteiger partial charge in [0, 0.05) is 12.1 Å². The highest BCUT2D eigenvalue weighted by molar-refractivity contribution is 5.98. The molecule has 0 saturated carbocycles. The van der Waals surface area contributed by atoms with E-state index in [4.69, 9.17) is 0 Å². The number of fused-ring (bicyclic) bond motifs is 1. The fourth-order valence-electron chi connectivity index (χ4n) is 2.95. The molecule has 0 atom stereocenters. The van der Waals surface area contributed by atoms with Crippen LogP contribution in [-0.4, -0.2) is 20.8 Å². The second-order valence-electron chi connectivity index (χ2n) is 5.91. The molecule has 3 rings (SSSR count). The Morgan fingerprint density at radius 3 is 2.62 bits per heavy atom. The maximum atomic E-state index is 12.4. The lowest BCUT2D eigenvalue weighted by molar-refractivity contribution is 0.0762. The molecule has 2 heterocycles. The van der Waals surface area contributed by atoms with Gasteiger partial charge in [0.25, 0.3) is 11.5 Å². The van der Waals surface area contributed by atoms with Crippen molar-refractivity contribution in [3.8, 4) is 0 Å². The number of amides is 1. The van der Waals surface area contributed by atoms with Crippen molar-refractivity contribution >= 4 is 18.1 Å². The van der Waals surface area contributed by atoms with Crippen LogP contribution in [0.3, 0.4) is 0 Å². The van der Waals surface area contributed by atoms with E-state index in [-0.39, 0.29) is 11.5 Å². The van der Waals surface area contributed by atoms with Gasteiger partial charge in [-0.15, -0.1) is 0 Å². The minimum atomic E-state index is -0.147. The number of rotatable bonds is 4. The van der Waals surface area contributed by atoms with E-state index in [0.717, 1.165) is 24.0 Å². The number of nitrogens with zero attached hydrogens (tertiary/aromatic N) is 2. The fourth-order valence-corrected chi connectivity index (χ4v) is 2.95. The molecule has 1 aliphatic rings. The van der Waals surface area contributed by atoms with E-state index < -0.39 is 0 Å². The third-order valence-corrected chi connectivity index (χ3v) is 4.18. The molecular formula is C21H27N3O2. The van der Waals surface area contributed by atoms with Crippen molar-refractivity contribution in [3.05, 3.63) is 62.1 Å². The summed E-state index contributed by atoms with van der Waals surface area (Å²) in [5.41, 5.74) is 1.60. The van der Waals surface area contributed by atoms with Gasteiger partial charge in [-0.3, -0.25) is 9.59 Å². The van der Waals surface area contributed by atoms with Crippen LogP contribution in [0.4, 0.5) is 0 Å². The second kappa shape index (κ2) is 9.13. The Morgan fingerprint density at radius 2 is 1.96 bits per heavy atom. The van der Waals surface area contributed by atoms with Crippen LogP contribution >= 0.6 is 0 Å². The van der Waals surface area contributed by atoms with Gasteiger partial charge < -0.3 is 9.88 Å². The predicted octanol–water partition coefficient (Wildman–Crippen LogP) is 2.33. The van der Waals surface area contributed by atoms with Crippen molar-refractivity contribution in [1.82, 2.24) is 14.9 Å². The Labute approximate surface area is 154 Å². The molecule has 0 spiro atoms. The quantitative estimate of drug-likeness (QED) is 0.917. The number of benzene rings is 1. The topological polar surface area (TPSA) is 66.1 Å². The molecule has 1 aliphatic heterocycles. The van der Waals surface area contributed by atoms with Gasteiger partial charge in [-0.25, -0.2) is 4.98 Å². The molecule has 0 aliphatic carbocycles. The lowest BCUT2D eigenvalue weighted by atomic mass is 10.1. The first-order valence-corrected chi connectivity index (χ1v) is 9.27. The van der Waals surface area contributed by atoms with E-state index >= 15 is 0 Å². The summed E-state index contributed by atoms with van der Waals surface area (Å²) in [6, 6.07) is 7.58. The van der Waals surface area contributed by atoms with Gasteiger partial charge in [0.15, 0.2) is 0 Å². The van der Waals surface area contributed by atoms with Crippen molar-refractivity contribution in [2.24, 2.45) is 0 Å². The Balaban J connectivity index is 0.00000117. The number of H-pyrrole nitrogens is 1. The Morgan fingerprint density at radius 1 is 1.23 bits per heavy atom. The highest BCUT2D eigenvalue weighted by Crippen LogP contribution is 2.22. The standard InChI is InChI=1S/C19H21N3O2.C2H6/c1-3-5-9-15-16(4-2)20-17(21-18(15)23)12-22-11-13-8-6-7-10-14(13)19(22)24;1-2/h4,6-10H,3,5,11-12H2,1-2H3,(H,20,21,23);1-2H3/b15-9+,16-4+;. The molecule has 5 nitrogen and oxygen atoms in total. The summed E-state index contributed by atoms with van der Waals surface area (Å²) in [5, 5.41) is 1.28. The van der Waals surface area contributed by atoms with E-state index in [1.54, 1.807) is 4.90 Å². The Kier molecular flexibility index (Phi) is 6.89. The van der Waals surface area contributed by atoms with Gasteiger partial charge >= 0.3 is 0 Å². The average molecular weight is 353 g/mol. The van der Waals surface area contributed by atoms with Crippen LogP contribution < -0.4 is 16.1 Å². The van der Waals surface area contributed by atoms with Gasteiger partial charge in [0.1, 0.15) is 5.82 Å². The van der Waals surface area contributed by atoms with E-state index in [1.807, 2.05) is 57.2 Å². The van der Waals surface area contributed by atoms with Crippen LogP contribution in [-0.2, 0) is 13.1 Å². The molecule has 138 valence electrons. The molecule has 5 heteroatoms. The third-order valence-electron chi connectivity index (χ3n) is 4.18. The molecule has 0 radical (unpaired) electrons. The minimum Gasteiger partial charge on any atom is -0.327 e. The summed E-state index contributed by atoms with van der Waals surface area (Å²) in [5.74, 6) is 0.500. The minimum absolute atomic E-state index is 0.0168. The fraction of sp³-hybridized carbons (Fsp3) is 0.381. The maximum Gasteiger partial charge on any atom is 0.258 e. The average Bonchev–Trinajstić information content (AvgIpc) is 2.98. The molecule has 1 aromatic heterocycles. The van der Waals surface area contributed by atoms with Crippen molar-refractivity contribution in [1.29, 1.82) is 0 Å². The summed E-state index contributed by atoms with van der Waals surface area (Å²) in [6.45, 7) is 8.79. The number of aromatic amines is 1. The van der Waals surface area contributed by atoms with E-state index in [1.165, 1.54) is 0 Å². The zero-order valence-electron chi connectivity index (χ0n) is 16.0. The van der Waals surface area contributed by atoms with Crippen molar-refractivity contribution < 1.29 is 4.79 Å². The maximum absolute atomic E-state index is 12.4. The predicted molar refractivity (Wildman–Crippen MR) is 105 cm³/mol. The molecule has 0 fully saturated rings. The zero-order valence-corrected chi connectivity index (χ0v) is 16.0. The molecule has 0 unspecified atom stereocenters. The number of hydrogen-bond donors (Lipinski definition) is 1. The van der Waals surface area contributed by atoms with E-state index in [0.29, 0.717) is 29.5 Å². The molecule has 0 bridgehead atoms. The zero-order chi connectivity index (χ0) is 19.1. The number of nitrogens with one attached hydrogen (secondary N) is 1. The normalized spacial score (nSPS) is 14.3. The molecule has 2 aromatic rings. The largest absolute Gasteiger partial charge is 0.327 e. The first-order chi connectivity index (χ1) is 12.6. The molecule has 1 aromatic carbocycles. The number of carbonyl (C=O) groups excluding carboxylic acids is 1.